The summed E-state index contributed by atoms with van der Waals surface area (Å²) in [4.78, 5) is 24.0. The molecule has 32 heavy (non-hydrogen) atoms. The van der Waals surface area contributed by atoms with E-state index < -0.39 is 0 Å². The molecule has 0 saturated carbocycles. The molecule has 7 nitrogen and oxygen atoms in total. The van der Waals surface area contributed by atoms with E-state index in [2.05, 4.69) is 41.1 Å². The third kappa shape index (κ3) is 5.06. The van der Waals surface area contributed by atoms with E-state index in [-0.39, 0.29) is 11.9 Å². The highest BCUT2D eigenvalue weighted by Gasteiger charge is 2.24. The number of nitrogens with zero attached hydrogens (tertiary/aromatic N) is 3. The van der Waals surface area contributed by atoms with Gasteiger partial charge in [-0.25, -0.2) is 4.98 Å². The molecule has 1 atom stereocenters. The van der Waals surface area contributed by atoms with Crippen LogP contribution in [0.15, 0.2) is 30.3 Å². The Morgan fingerprint density at radius 1 is 1.22 bits per heavy atom. The number of methoxy groups -OCH3 is 1. The predicted octanol–water partition coefficient (Wildman–Crippen LogP) is 4.02. The summed E-state index contributed by atoms with van der Waals surface area (Å²) in [5.41, 5.74) is 1.16. The van der Waals surface area contributed by atoms with Crippen LogP contribution in [0.5, 0.6) is 5.75 Å². The molecule has 3 heterocycles. The number of aromatic nitrogens is 1. The number of ether oxygens (including phenoxy) is 2. The fourth-order valence-electron chi connectivity index (χ4n) is 3.91. The van der Waals surface area contributed by atoms with E-state index >= 15 is 0 Å². The number of thiazole rings is 1. The average molecular weight is 475 g/mol. The Morgan fingerprint density at radius 2 is 1.94 bits per heavy atom. The zero-order chi connectivity index (χ0) is 22.5. The fraction of sp³-hybridized carbons (Fsp3) is 0.478. The molecule has 172 valence electrons. The van der Waals surface area contributed by atoms with Crippen molar-refractivity contribution in [1.82, 2.24) is 15.2 Å². The molecule has 0 radical (unpaired) electrons. The van der Waals surface area contributed by atoms with Gasteiger partial charge in [-0.15, -0.1) is 11.3 Å². The van der Waals surface area contributed by atoms with Crippen molar-refractivity contribution in [3.8, 4) is 5.75 Å². The van der Waals surface area contributed by atoms with Gasteiger partial charge in [0, 0.05) is 32.7 Å². The third-order valence-electron chi connectivity index (χ3n) is 5.78. The van der Waals surface area contributed by atoms with Gasteiger partial charge in [0.25, 0.3) is 5.91 Å². The number of hydrogen-bond acceptors (Lipinski definition) is 8. The van der Waals surface area contributed by atoms with Gasteiger partial charge in [-0.1, -0.05) is 23.5 Å². The smallest absolute Gasteiger partial charge is 0.261 e. The topological polar surface area (TPSA) is 66.9 Å². The van der Waals surface area contributed by atoms with Crippen molar-refractivity contribution in [2.24, 2.45) is 0 Å². The summed E-state index contributed by atoms with van der Waals surface area (Å²) in [6.45, 7) is 9.77. The van der Waals surface area contributed by atoms with Crippen molar-refractivity contribution < 1.29 is 14.3 Å². The first kappa shape index (κ1) is 23.0. The van der Waals surface area contributed by atoms with Gasteiger partial charge in [0.15, 0.2) is 5.13 Å². The molecule has 0 bridgehead atoms. The van der Waals surface area contributed by atoms with Crippen molar-refractivity contribution >= 4 is 43.2 Å². The molecule has 4 rings (SSSR count). The molecule has 1 saturated heterocycles. The lowest BCUT2D eigenvalue weighted by molar-refractivity contribution is 0.0162. The maximum Gasteiger partial charge on any atom is 0.261 e. The van der Waals surface area contributed by atoms with Gasteiger partial charge in [-0.05, 0) is 37.6 Å². The second kappa shape index (κ2) is 10.6. The SMILES string of the molecule is CCN(CC)c1nc2sc(C(=O)NCC(c3ccc(OC)cc3)N3CCOCC3)cc2s1. The van der Waals surface area contributed by atoms with Crippen molar-refractivity contribution in [2.75, 3.05) is 57.9 Å². The van der Waals surface area contributed by atoms with Crippen LogP contribution in [0.4, 0.5) is 5.13 Å². The highest BCUT2D eigenvalue weighted by atomic mass is 32.1. The largest absolute Gasteiger partial charge is 0.497 e. The van der Waals surface area contributed by atoms with Crippen molar-refractivity contribution in [2.45, 2.75) is 19.9 Å². The van der Waals surface area contributed by atoms with Crippen LogP contribution < -0.4 is 15.0 Å². The van der Waals surface area contributed by atoms with Crippen LogP contribution in [0.3, 0.4) is 0 Å². The van der Waals surface area contributed by atoms with E-state index in [1.807, 2.05) is 18.2 Å². The number of hydrogen-bond donors (Lipinski definition) is 1. The van der Waals surface area contributed by atoms with E-state index in [1.165, 1.54) is 11.3 Å². The van der Waals surface area contributed by atoms with Crippen molar-refractivity contribution in [3.05, 3.63) is 40.8 Å². The van der Waals surface area contributed by atoms with Gasteiger partial charge in [0.2, 0.25) is 0 Å². The number of nitrogens with one attached hydrogen (secondary N) is 1. The highest BCUT2D eigenvalue weighted by Crippen LogP contribution is 2.34. The van der Waals surface area contributed by atoms with E-state index in [0.717, 1.165) is 52.2 Å². The second-order valence-corrected chi connectivity index (χ2v) is 9.64. The van der Waals surface area contributed by atoms with E-state index in [4.69, 9.17) is 14.5 Å². The maximum absolute atomic E-state index is 13.0. The Balaban J connectivity index is 1.46. The first-order valence-corrected chi connectivity index (χ1v) is 12.7. The first-order valence-electron chi connectivity index (χ1n) is 11.0. The zero-order valence-electron chi connectivity index (χ0n) is 18.8. The lowest BCUT2D eigenvalue weighted by Gasteiger charge is -2.35. The van der Waals surface area contributed by atoms with Gasteiger partial charge >= 0.3 is 0 Å². The summed E-state index contributed by atoms with van der Waals surface area (Å²) in [6, 6.07) is 10.1. The van der Waals surface area contributed by atoms with Gasteiger partial charge in [0.1, 0.15) is 10.6 Å². The molecule has 1 N–H and O–H groups in total. The Hall–Kier alpha value is -2.20. The van der Waals surface area contributed by atoms with Crippen LogP contribution in [-0.4, -0.2) is 68.8 Å². The molecule has 3 aromatic rings. The number of amides is 1. The third-order valence-corrected chi connectivity index (χ3v) is 8.00. The lowest BCUT2D eigenvalue weighted by Crippen LogP contribution is -2.43. The van der Waals surface area contributed by atoms with Crippen molar-refractivity contribution in [1.29, 1.82) is 0 Å². The first-order chi connectivity index (χ1) is 15.6. The van der Waals surface area contributed by atoms with Gasteiger partial charge in [-0.3, -0.25) is 9.69 Å². The minimum Gasteiger partial charge on any atom is -0.497 e. The van der Waals surface area contributed by atoms with Gasteiger partial charge in [-0.2, -0.15) is 0 Å². The molecule has 1 amide bonds. The molecule has 2 aromatic heterocycles. The number of carbonyl (C=O) groups is 1. The lowest BCUT2D eigenvalue weighted by atomic mass is 10.0. The van der Waals surface area contributed by atoms with E-state index in [0.29, 0.717) is 24.6 Å². The number of fused-ring (bicyclic) bond motifs is 1. The highest BCUT2D eigenvalue weighted by molar-refractivity contribution is 7.29. The Labute approximate surface area is 197 Å². The molecular formula is C23H30N4O3S2. The molecular weight excluding hydrogens is 444 g/mol. The van der Waals surface area contributed by atoms with Crippen molar-refractivity contribution in [3.63, 3.8) is 0 Å². The summed E-state index contributed by atoms with van der Waals surface area (Å²) >= 11 is 3.11. The Morgan fingerprint density at radius 3 is 2.56 bits per heavy atom. The molecule has 1 aliphatic heterocycles. The number of morpholine rings is 1. The molecule has 0 aliphatic carbocycles. The van der Waals surface area contributed by atoms with Crippen LogP contribution in [-0.2, 0) is 4.74 Å². The van der Waals surface area contributed by atoms with Crippen LogP contribution in [0, 0.1) is 0 Å². The summed E-state index contributed by atoms with van der Waals surface area (Å²) in [5.74, 6) is 0.783. The molecule has 9 heteroatoms. The summed E-state index contributed by atoms with van der Waals surface area (Å²) in [5, 5.41) is 4.18. The zero-order valence-corrected chi connectivity index (χ0v) is 20.4. The molecule has 0 spiro atoms. The van der Waals surface area contributed by atoms with Gasteiger partial charge in [0.05, 0.1) is 35.9 Å². The number of rotatable bonds is 9. The van der Waals surface area contributed by atoms with Crippen LogP contribution in [0.1, 0.15) is 35.1 Å². The average Bonchev–Trinajstić information content (AvgIpc) is 3.41. The monoisotopic (exact) mass is 474 g/mol. The minimum atomic E-state index is -0.0450. The predicted molar refractivity (Wildman–Crippen MR) is 132 cm³/mol. The Kier molecular flexibility index (Phi) is 7.62. The summed E-state index contributed by atoms with van der Waals surface area (Å²) < 4.78 is 11.9. The fourth-order valence-corrected chi connectivity index (χ4v) is 6.17. The number of thiophene rings is 1. The van der Waals surface area contributed by atoms with Crippen LogP contribution in [0.2, 0.25) is 0 Å². The molecule has 1 aliphatic rings. The summed E-state index contributed by atoms with van der Waals surface area (Å²) in [7, 11) is 1.67. The summed E-state index contributed by atoms with van der Waals surface area (Å²) in [6.07, 6.45) is 0. The van der Waals surface area contributed by atoms with Gasteiger partial charge < -0.3 is 19.7 Å². The molecule has 1 fully saturated rings. The van der Waals surface area contributed by atoms with E-state index in [9.17, 15) is 4.79 Å². The minimum absolute atomic E-state index is 0.0450. The number of anilines is 1. The molecule has 1 aromatic carbocycles. The quantitative estimate of drug-likeness (QED) is 0.505. The Bertz CT molecular complexity index is 992. The standard InChI is InChI=1S/C23H30N4O3S2/c1-4-26(5-2)23-25-22-20(32-23)14-19(31-22)21(28)24-15-18(27-10-12-30-13-11-27)16-6-8-17(29-3)9-7-16/h6-9,14,18H,4-5,10-13,15H2,1-3H3,(H,24,28). The molecule has 1 unspecified atom stereocenters. The van der Waals surface area contributed by atoms with Crippen LogP contribution >= 0.6 is 22.7 Å². The number of benzene rings is 1. The van der Waals surface area contributed by atoms with E-state index in [1.54, 1.807) is 18.4 Å². The van der Waals surface area contributed by atoms with Crippen LogP contribution in [0.25, 0.3) is 9.53 Å². The normalized spacial score (nSPS) is 15.6. The second-order valence-electron chi connectivity index (χ2n) is 7.60. The maximum atomic E-state index is 13.0. The number of carbonyl (C=O) groups excluding carboxylic acids is 1.